The van der Waals surface area contributed by atoms with Gasteiger partial charge in [-0.05, 0) is 53.9 Å². The molecule has 31 heavy (non-hydrogen) atoms. The summed E-state index contributed by atoms with van der Waals surface area (Å²) in [4.78, 5) is 4.51. The molecule has 2 aromatic rings. The van der Waals surface area contributed by atoms with E-state index in [0.29, 0.717) is 46.1 Å². The van der Waals surface area contributed by atoms with Gasteiger partial charge in [0.25, 0.3) is 0 Å². The summed E-state index contributed by atoms with van der Waals surface area (Å²) in [5.41, 5.74) is 2.05. The van der Waals surface area contributed by atoms with Crippen LogP contribution in [0.4, 0.5) is 0 Å². The molecule has 0 aliphatic rings. The number of hydrogen-bond acceptors (Lipinski definition) is 7. The van der Waals surface area contributed by atoms with Gasteiger partial charge in [-0.15, -0.1) is 0 Å². The summed E-state index contributed by atoms with van der Waals surface area (Å²) in [5, 5.41) is 9.66. The molecule has 0 aliphatic heterocycles. The minimum atomic E-state index is -0.201. The lowest BCUT2D eigenvalue weighted by Crippen LogP contribution is -2.14. The quantitative estimate of drug-likeness (QED) is 0.325. The first kappa shape index (κ1) is 24.8. The van der Waals surface area contributed by atoms with Gasteiger partial charge in [0.1, 0.15) is 18.1 Å². The van der Waals surface area contributed by atoms with Crippen LogP contribution < -0.4 is 9.47 Å². The van der Waals surface area contributed by atoms with Crippen molar-refractivity contribution < 1.29 is 28.8 Å². The first-order valence-corrected chi connectivity index (χ1v) is 10.4. The van der Waals surface area contributed by atoms with Gasteiger partial charge in [-0.2, -0.15) is 0 Å². The molecular weight excluding hydrogens is 398 g/mol. The fourth-order valence-electron chi connectivity index (χ4n) is 2.72. The second-order valence-electron chi connectivity index (χ2n) is 6.80. The van der Waals surface area contributed by atoms with Crippen molar-refractivity contribution in [3.05, 3.63) is 59.7 Å². The molecule has 0 amide bonds. The molecule has 7 nitrogen and oxygen atoms in total. The first-order chi connectivity index (χ1) is 15.2. The minimum absolute atomic E-state index is 0.0164. The highest BCUT2D eigenvalue weighted by atomic mass is 16.6. The number of rotatable bonds is 16. The Labute approximate surface area is 184 Å². The van der Waals surface area contributed by atoms with Crippen LogP contribution in [0.1, 0.15) is 11.1 Å². The lowest BCUT2D eigenvalue weighted by molar-refractivity contribution is 0.0180. The molecule has 2 aromatic carbocycles. The third kappa shape index (κ3) is 10.4. The van der Waals surface area contributed by atoms with Crippen LogP contribution in [-0.4, -0.2) is 77.8 Å². The average molecular weight is 432 g/mol. The summed E-state index contributed by atoms with van der Waals surface area (Å²) in [5.74, 6) is 1.59. The lowest BCUT2D eigenvalue weighted by atomic mass is 10.1. The summed E-state index contributed by atoms with van der Waals surface area (Å²) in [6.45, 7) is 3.21. The third-order valence-corrected chi connectivity index (χ3v) is 4.46. The number of aliphatic imine (C=N–C) groups is 1. The molecule has 0 heterocycles. The maximum atomic E-state index is 9.66. The van der Waals surface area contributed by atoms with Crippen molar-refractivity contribution in [2.75, 3.05) is 60.5 Å². The van der Waals surface area contributed by atoms with Crippen LogP contribution >= 0.6 is 0 Å². The molecule has 1 atom stereocenters. The molecule has 0 aromatic heterocycles. The van der Waals surface area contributed by atoms with E-state index in [4.69, 9.17) is 23.7 Å². The highest BCUT2D eigenvalue weighted by molar-refractivity contribution is 5.79. The summed E-state index contributed by atoms with van der Waals surface area (Å²) in [6, 6.07) is 15.3. The van der Waals surface area contributed by atoms with Crippen LogP contribution in [-0.2, 0) is 20.6 Å². The molecule has 7 heteroatoms. The van der Waals surface area contributed by atoms with Gasteiger partial charge >= 0.3 is 0 Å². The van der Waals surface area contributed by atoms with E-state index in [-0.39, 0.29) is 12.6 Å². The Balaban J connectivity index is 1.68. The minimum Gasteiger partial charge on any atom is -0.497 e. The molecule has 0 saturated carbocycles. The van der Waals surface area contributed by atoms with Crippen molar-refractivity contribution in [3.8, 4) is 11.5 Å². The summed E-state index contributed by atoms with van der Waals surface area (Å²) < 4.78 is 26.5. The van der Waals surface area contributed by atoms with Crippen molar-refractivity contribution in [3.63, 3.8) is 0 Å². The highest BCUT2D eigenvalue weighted by Gasteiger charge is 2.06. The highest BCUT2D eigenvalue weighted by Crippen LogP contribution is 2.15. The largest absolute Gasteiger partial charge is 0.497 e. The van der Waals surface area contributed by atoms with E-state index in [2.05, 4.69) is 4.99 Å². The molecule has 0 bridgehead atoms. The number of nitrogens with zero attached hydrogens (tertiary/aromatic N) is 1. The number of aliphatic hydroxyl groups is 1. The standard InChI is InChI=1S/C24H33NO6/c1-27-11-12-29-13-14-30-15-16-31-24-9-3-20(4-10-24)17-22(19-26)25-18-21-5-7-23(28-2)8-6-21/h3-10,18,22,26H,11-17,19H2,1-2H3/b25-18+/t22-/m1/s1. The second kappa shape index (κ2) is 15.4. The Morgan fingerprint density at radius 1 is 0.806 bits per heavy atom. The van der Waals surface area contributed by atoms with E-state index in [1.165, 1.54) is 0 Å². The maximum Gasteiger partial charge on any atom is 0.119 e. The van der Waals surface area contributed by atoms with E-state index in [0.717, 1.165) is 22.6 Å². The second-order valence-corrected chi connectivity index (χ2v) is 6.80. The third-order valence-electron chi connectivity index (χ3n) is 4.46. The van der Waals surface area contributed by atoms with E-state index in [1.54, 1.807) is 20.4 Å². The van der Waals surface area contributed by atoms with Gasteiger partial charge in [-0.25, -0.2) is 0 Å². The normalized spacial score (nSPS) is 12.2. The number of aliphatic hydroxyl groups excluding tert-OH is 1. The number of methoxy groups -OCH3 is 2. The van der Waals surface area contributed by atoms with Crippen LogP contribution in [0.2, 0.25) is 0 Å². The van der Waals surface area contributed by atoms with Crippen LogP contribution in [0, 0.1) is 0 Å². The van der Waals surface area contributed by atoms with Crippen molar-refractivity contribution in [1.82, 2.24) is 0 Å². The number of benzene rings is 2. The maximum absolute atomic E-state index is 9.66. The predicted octanol–water partition coefficient (Wildman–Crippen LogP) is 2.78. The van der Waals surface area contributed by atoms with Crippen molar-refractivity contribution in [1.29, 1.82) is 0 Å². The molecule has 0 saturated heterocycles. The fraction of sp³-hybridized carbons (Fsp3) is 0.458. The fourth-order valence-corrected chi connectivity index (χ4v) is 2.72. The lowest BCUT2D eigenvalue weighted by Gasteiger charge is -2.11. The Morgan fingerprint density at radius 2 is 1.42 bits per heavy atom. The smallest absolute Gasteiger partial charge is 0.119 e. The van der Waals surface area contributed by atoms with Gasteiger partial charge in [-0.3, -0.25) is 4.99 Å². The van der Waals surface area contributed by atoms with Gasteiger partial charge in [-0.1, -0.05) is 12.1 Å². The summed E-state index contributed by atoms with van der Waals surface area (Å²) in [6.07, 6.45) is 2.43. The van der Waals surface area contributed by atoms with E-state index in [1.807, 2.05) is 48.5 Å². The van der Waals surface area contributed by atoms with Crippen LogP contribution in [0.15, 0.2) is 53.5 Å². The predicted molar refractivity (Wildman–Crippen MR) is 121 cm³/mol. The van der Waals surface area contributed by atoms with Gasteiger partial charge in [0.05, 0.1) is 52.8 Å². The topological polar surface area (TPSA) is 78.7 Å². The Bertz CT molecular complexity index is 733. The van der Waals surface area contributed by atoms with Gasteiger partial charge in [0.15, 0.2) is 0 Å². The number of hydrogen-bond donors (Lipinski definition) is 1. The molecule has 0 radical (unpaired) electrons. The molecule has 0 spiro atoms. The van der Waals surface area contributed by atoms with E-state index >= 15 is 0 Å². The average Bonchev–Trinajstić information content (AvgIpc) is 2.82. The summed E-state index contributed by atoms with van der Waals surface area (Å²) in [7, 11) is 3.28. The Hall–Kier alpha value is -2.45. The van der Waals surface area contributed by atoms with E-state index < -0.39 is 0 Å². The molecule has 0 aliphatic carbocycles. The first-order valence-electron chi connectivity index (χ1n) is 10.4. The van der Waals surface area contributed by atoms with Crippen LogP contribution in [0.25, 0.3) is 0 Å². The zero-order valence-corrected chi connectivity index (χ0v) is 18.4. The van der Waals surface area contributed by atoms with Crippen LogP contribution in [0.5, 0.6) is 11.5 Å². The Kier molecular flexibility index (Phi) is 12.3. The summed E-state index contributed by atoms with van der Waals surface area (Å²) >= 11 is 0. The zero-order chi connectivity index (χ0) is 22.2. The molecule has 170 valence electrons. The van der Waals surface area contributed by atoms with Gasteiger partial charge < -0.3 is 28.8 Å². The van der Waals surface area contributed by atoms with Crippen molar-refractivity contribution in [2.24, 2.45) is 4.99 Å². The monoisotopic (exact) mass is 431 g/mol. The van der Waals surface area contributed by atoms with Gasteiger partial charge in [0, 0.05) is 13.3 Å². The molecular formula is C24H33NO6. The van der Waals surface area contributed by atoms with E-state index in [9.17, 15) is 5.11 Å². The SMILES string of the molecule is COCCOCCOCCOc1ccc(C[C@H](CO)/N=C/c2ccc(OC)cc2)cc1. The Morgan fingerprint density at radius 3 is 2.03 bits per heavy atom. The zero-order valence-electron chi connectivity index (χ0n) is 18.4. The number of ether oxygens (including phenoxy) is 5. The van der Waals surface area contributed by atoms with Crippen LogP contribution in [0.3, 0.4) is 0 Å². The molecule has 0 fully saturated rings. The molecule has 2 rings (SSSR count). The van der Waals surface area contributed by atoms with Gasteiger partial charge in [0.2, 0.25) is 0 Å². The molecule has 0 unspecified atom stereocenters. The molecule has 1 N–H and O–H groups in total. The van der Waals surface area contributed by atoms with Crippen molar-refractivity contribution >= 4 is 6.21 Å². The van der Waals surface area contributed by atoms with Crippen molar-refractivity contribution in [2.45, 2.75) is 12.5 Å².